The number of nitrogens with one attached hydrogen (secondary N) is 1. The molecule has 0 spiro atoms. The number of guanidine groups is 1. The van der Waals surface area contributed by atoms with Crippen molar-refractivity contribution in [3.05, 3.63) is 35.4 Å². The molecule has 0 radical (unpaired) electrons. The fourth-order valence-corrected chi connectivity index (χ4v) is 3.82. The highest BCUT2D eigenvalue weighted by Crippen LogP contribution is 2.26. The van der Waals surface area contributed by atoms with E-state index in [9.17, 15) is 0 Å². The summed E-state index contributed by atoms with van der Waals surface area (Å²) in [6, 6.07) is 8.76. The maximum atomic E-state index is 5.58. The first kappa shape index (κ1) is 21.4. The lowest BCUT2D eigenvalue weighted by Crippen LogP contribution is -2.52. The van der Waals surface area contributed by atoms with Crippen molar-refractivity contribution < 1.29 is 4.74 Å². The van der Waals surface area contributed by atoms with E-state index in [4.69, 9.17) is 9.73 Å². The van der Waals surface area contributed by atoms with E-state index in [1.807, 2.05) is 0 Å². The van der Waals surface area contributed by atoms with Crippen LogP contribution in [0.5, 0.6) is 0 Å². The summed E-state index contributed by atoms with van der Waals surface area (Å²) in [7, 11) is 4.34. The fourth-order valence-electron chi connectivity index (χ4n) is 3.82. The number of ether oxygens (including phenoxy) is 1. The molecular weight excluding hydrogens is 439 g/mol. The van der Waals surface area contributed by atoms with Gasteiger partial charge in [-0.1, -0.05) is 24.3 Å². The van der Waals surface area contributed by atoms with Gasteiger partial charge in [-0.15, -0.1) is 24.0 Å². The molecule has 1 N–H and O–H groups in total. The highest BCUT2D eigenvalue weighted by molar-refractivity contribution is 14.0. The standard InChI is InChI=1S/C20H32N4O.HI/c1-4-21-19(22-16-20(23(2)3)10-13-25-14-11-20)24-12-9-17-7-5-6-8-18(17)15-24;/h5-8H,4,9-16H2,1-3H3,(H,21,22);1H. The molecule has 0 saturated carbocycles. The van der Waals surface area contributed by atoms with Gasteiger partial charge in [0.2, 0.25) is 0 Å². The summed E-state index contributed by atoms with van der Waals surface area (Å²) in [5.41, 5.74) is 3.02. The molecule has 0 atom stereocenters. The highest BCUT2D eigenvalue weighted by Gasteiger charge is 2.35. The smallest absolute Gasteiger partial charge is 0.194 e. The van der Waals surface area contributed by atoms with Gasteiger partial charge in [0, 0.05) is 38.4 Å². The number of rotatable bonds is 4. The molecule has 6 heteroatoms. The van der Waals surface area contributed by atoms with Gasteiger partial charge in [-0.3, -0.25) is 4.99 Å². The molecule has 2 aliphatic rings. The average molecular weight is 472 g/mol. The summed E-state index contributed by atoms with van der Waals surface area (Å²) in [5, 5.41) is 3.51. The summed E-state index contributed by atoms with van der Waals surface area (Å²) >= 11 is 0. The largest absolute Gasteiger partial charge is 0.381 e. The minimum Gasteiger partial charge on any atom is -0.381 e. The molecule has 0 amide bonds. The van der Waals surface area contributed by atoms with Crippen LogP contribution in [0, 0.1) is 0 Å². The molecule has 0 aromatic heterocycles. The van der Waals surface area contributed by atoms with Crippen LogP contribution in [-0.4, -0.2) is 68.2 Å². The molecule has 5 nitrogen and oxygen atoms in total. The van der Waals surface area contributed by atoms with Crippen molar-refractivity contribution in [2.24, 2.45) is 4.99 Å². The van der Waals surface area contributed by atoms with Gasteiger partial charge in [0.1, 0.15) is 0 Å². The van der Waals surface area contributed by atoms with Crippen LogP contribution in [0.3, 0.4) is 0 Å². The van der Waals surface area contributed by atoms with E-state index in [0.717, 1.165) is 64.6 Å². The Labute approximate surface area is 175 Å². The second kappa shape index (κ2) is 9.90. The first-order chi connectivity index (χ1) is 12.1. The molecule has 146 valence electrons. The van der Waals surface area contributed by atoms with Crippen LogP contribution in [0.4, 0.5) is 0 Å². The number of halogens is 1. The number of hydrogen-bond donors (Lipinski definition) is 1. The lowest BCUT2D eigenvalue weighted by Gasteiger charge is -2.42. The number of fused-ring (bicyclic) bond motifs is 1. The zero-order valence-electron chi connectivity index (χ0n) is 16.3. The van der Waals surface area contributed by atoms with Crippen LogP contribution in [0.2, 0.25) is 0 Å². The van der Waals surface area contributed by atoms with Gasteiger partial charge in [0.25, 0.3) is 0 Å². The van der Waals surface area contributed by atoms with Crippen LogP contribution in [0.25, 0.3) is 0 Å². The number of hydrogen-bond acceptors (Lipinski definition) is 3. The van der Waals surface area contributed by atoms with Gasteiger partial charge in [-0.25, -0.2) is 0 Å². The highest BCUT2D eigenvalue weighted by atomic mass is 127. The van der Waals surface area contributed by atoms with Gasteiger partial charge in [0.15, 0.2) is 5.96 Å². The van der Waals surface area contributed by atoms with Crippen molar-refractivity contribution in [2.45, 2.75) is 38.3 Å². The Hall–Kier alpha value is -0.860. The van der Waals surface area contributed by atoms with E-state index in [-0.39, 0.29) is 29.5 Å². The van der Waals surface area contributed by atoms with E-state index in [1.165, 1.54) is 11.1 Å². The van der Waals surface area contributed by atoms with E-state index in [0.29, 0.717) is 0 Å². The van der Waals surface area contributed by atoms with Gasteiger partial charge in [-0.2, -0.15) is 0 Å². The number of aliphatic imine (C=N–C) groups is 1. The molecule has 1 aromatic rings. The van der Waals surface area contributed by atoms with E-state index < -0.39 is 0 Å². The Kier molecular flexibility index (Phi) is 8.16. The van der Waals surface area contributed by atoms with Gasteiger partial charge in [0.05, 0.1) is 6.54 Å². The van der Waals surface area contributed by atoms with Crippen LogP contribution < -0.4 is 5.32 Å². The van der Waals surface area contributed by atoms with Crippen molar-refractivity contribution in [3.63, 3.8) is 0 Å². The van der Waals surface area contributed by atoms with Gasteiger partial charge < -0.3 is 19.9 Å². The molecule has 1 fully saturated rings. The molecule has 1 saturated heterocycles. The SMILES string of the molecule is CCNC(=NCC1(N(C)C)CCOCC1)N1CCc2ccccc2C1.I. The van der Waals surface area contributed by atoms with Crippen LogP contribution in [0.15, 0.2) is 29.3 Å². The lowest BCUT2D eigenvalue weighted by molar-refractivity contribution is -0.00265. The minimum atomic E-state index is 0. The summed E-state index contributed by atoms with van der Waals surface area (Å²) in [6.45, 7) is 7.51. The average Bonchev–Trinajstić information content (AvgIpc) is 2.65. The van der Waals surface area contributed by atoms with Gasteiger partial charge in [-0.05, 0) is 51.4 Å². The Balaban J connectivity index is 0.00000243. The normalized spacial score (nSPS) is 19.7. The summed E-state index contributed by atoms with van der Waals surface area (Å²) in [4.78, 5) is 9.80. The summed E-state index contributed by atoms with van der Waals surface area (Å²) < 4.78 is 5.58. The van der Waals surface area contributed by atoms with Crippen LogP contribution >= 0.6 is 24.0 Å². The molecule has 0 aliphatic carbocycles. The van der Waals surface area contributed by atoms with E-state index >= 15 is 0 Å². The maximum absolute atomic E-state index is 5.58. The molecular formula is C20H33IN4O. The summed E-state index contributed by atoms with van der Waals surface area (Å²) in [5.74, 6) is 1.05. The Bertz CT molecular complexity index is 599. The van der Waals surface area contributed by atoms with Crippen molar-refractivity contribution in [1.82, 2.24) is 15.1 Å². The predicted octanol–water partition coefficient (Wildman–Crippen LogP) is 2.74. The zero-order chi connectivity index (χ0) is 17.7. The van der Waals surface area contributed by atoms with E-state index in [1.54, 1.807) is 0 Å². The molecule has 26 heavy (non-hydrogen) atoms. The fraction of sp³-hybridized carbons (Fsp3) is 0.650. The quantitative estimate of drug-likeness (QED) is 0.416. The van der Waals surface area contributed by atoms with Crippen molar-refractivity contribution in [1.29, 1.82) is 0 Å². The maximum Gasteiger partial charge on any atom is 0.194 e. The molecule has 3 rings (SSSR count). The first-order valence-corrected chi connectivity index (χ1v) is 9.50. The third-order valence-corrected chi connectivity index (χ3v) is 5.66. The molecule has 0 bridgehead atoms. The lowest BCUT2D eigenvalue weighted by atomic mass is 9.89. The van der Waals surface area contributed by atoms with Crippen LogP contribution in [-0.2, 0) is 17.7 Å². The monoisotopic (exact) mass is 472 g/mol. The Morgan fingerprint density at radius 2 is 1.92 bits per heavy atom. The molecule has 0 unspecified atom stereocenters. The predicted molar refractivity (Wildman–Crippen MR) is 118 cm³/mol. The second-order valence-corrected chi connectivity index (χ2v) is 7.34. The third kappa shape index (κ3) is 4.89. The minimum absolute atomic E-state index is 0. The van der Waals surface area contributed by atoms with Gasteiger partial charge >= 0.3 is 0 Å². The molecule has 2 aliphatic heterocycles. The first-order valence-electron chi connectivity index (χ1n) is 9.50. The number of likely N-dealkylation sites (N-methyl/N-ethyl adjacent to an activating group) is 1. The van der Waals surface area contributed by atoms with Crippen molar-refractivity contribution >= 4 is 29.9 Å². The Morgan fingerprint density at radius 1 is 1.23 bits per heavy atom. The third-order valence-electron chi connectivity index (χ3n) is 5.66. The zero-order valence-corrected chi connectivity index (χ0v) is 18.7. The van der Waals surface area contributed by atoms with Crippen molar-refractivity contribution in [2.75, 3.05) is 46.9 Å². The molecule has 2 heterocycles. The summed E-state index contributed by atoms with van der Waals surface area (Å²) in [6.07, 6.45) is 3.19. The number of nitrogens with zero attached hydrogens (tertiary/aromatic N) is 3. The van der Waals surface area contributed by atoms with Crippen molar-refractivity contribution in [3.8, 4) is 0 Å². The number of benzene rings is 1. The topological polar surface area (TPSA) is 40.1 Å². The van der Waals surface area contributed by atoms with E-state index in [2.05, 4.69) is 60.4 Å². The Morgan fingerprint density at radius 3 is 2.58 bits per heavy atom. The second-order valence-electron chi connectivity index (χ2n) is 7.34. The molecule has 1 aromatic carbocycles. The van der Waals surface area contributed by atoms with Crippen LogP contribution in [0.1, 0.15) is 30.9 Å².